The fourth-order valence-corrected chi connectivity index (χ4v) is 2.58. The summed E-state index contributed by atoms with van der Waals surface area (Å²) in [4.78, 5) is 12.5. The Bertz CT molecular complexity index is 918. The minimum atomic E-state index is -0.0475. The molecule has 1 heterocycles. The van der Waals surface area contributed by atoms with E-state index in [-0.39, 0.29) is 30.7 Å². The summed E-state index contributed by atoms with van der Waals surface area (Å²) in [5, 5.41) is 8.21. The summed E-state index contributed by atoms with van der Waals surface area (Å²) in [6, 6.07) is 14.8. The molecule has 6 heteroatoms. The first-order valence-corrected chi connectivity index (χ1v) is 6.98. The van der Waals surface area contributed by atoms with Crippen LogP contribution in [0.4, 0.5) is 0 Å². The molecule has 0 bridgehead atoms. The minimum absolute atomic E-state index is 0. The lowest BCUT2D eigenvalue weighted by Crippen LogP contribution is -3.00. The summed E-state index contributed by atoms with van der Waals surface area (Å²) in [6.45, 7) is 0.132. The zero-order valence-electron chi connectivity index (χ0n) is 13.9. The van der Waals surface area contributed by atoms with Gasteiger partial charge in [0.15, 0.2) is 5.78 Å². The van der Waals surface area contributed by atoms with Gasteiger partial charge in [0.05, 0.1) is 24.7 Å². The molecule has 0 spiro atoms. The van der Waals surface area contributed by atoms with Crippen LogP contribution in [0.1, 0.15) is 11.8 Å². The van der Waals surface area contributed by atoms with Gasteiger partial charge in [-0.1, -0.05) is 24.3 Å². The number of carbonyl (C=O) groups excluding carboxylic acids is 1. The van der Waals surface area contributed by atoms with Crippen LogP contribution in [0.2, 0.25) is 0 Å². The lowest BCUT2D eigenvalue weighted by molar-refractivity contribution is -0.0000129. The van der Waals surface area contributed by atoms with Gasteiger partial charge in [0, 0.05) is 12.6 Å². The van der Waals surface area contributed by atoms with E-state index in [1.54, 1.807) is 40.5 Å². The fourth-order valence-electron chi connectivity index (χ4n) is 2.58. The van der Waals surface area contributed by atoms with Crippen LogP contribution in [0.3, 0.4) is 0 Å². The van der Waals surface area contributed by atoms with Crippen molar-refractivity contribution < 1.29 is 27.9 Å². The van der Waals surface area contributed by atoms with Gasteiger partial charge in [0.2, 0.25) is 5.62 Å². The first kappa shape index (κ1) is 17.0. The molecule has 0 aliphatic heterocycles. The lowest BCUT2D eigenvalue weighted by Gasteiger charge is -2.06. The smallest absolute Gasteiger partial charge is 1.00 e. The van der Waals surface area contributed by atoms with Crippen LogP contribution < -0.4 is 27.3 Å². The number of nitrogens with zero attached hydrogens (tertiary/aromatic N) is 2. The van der Waals surface area contributed by atoms with Crippen molar-refractivity contribution in [2.24, 2.45) is 7.05 Å². The van der Waals surface area contributed by atoms with Crippen molar-refractivity contribution in [1.82, 2.24) is 9.13 Å². The molecule has 2 aromatic carbocycles. The molecule has 0 aliphatic rings. The molecule has 3 aromatic rings. The van der Waals surface area contributed by atoms with Crippen LogP contribution in [0.15, 0.2) is 48.5 Å². The zero-order chi connectivity index (χ0) is 15.7. The Morgan fingerprint density at radius 2 is 1.87 bits per heavy atom. The van der Waals surface area contributed by atoms with E-state index in [9.17, 15) is 4.79 Å². The number of hydrogen-bond acceptors (Lipinski definition) is 3. The fraction of sp³-hybridized carbons (Fsp3) is 0.176. The number of carbonyl (C=O) groups is 1. The standard InChI is InChI=1S/C17H17N3O2.BrH/c1-19-14-8-3-4-9-15(14)20(17(19)18)11-16(21)12-6-5-7-13(10-12)22-2;/h3-10,18H,11H2,1-2H3;1H. The Kier molecular flexibility index (Phi) is 5.05. The van der Waals surface area contributed by atoms with E-state index in [0.717, 1.165) is 11.0 Å². The van der Waals surface area contributed by atoms with Gasteiger partial charge >= 0.3 is 1.43 Å². The first-order chi connectivity index (χ1) is 10.6. The lowest BCUT2D eigenvalue weighted by atomic mass is 10.1. The molecular weight excluding hydrogens is 358 g/mol. The van der Waals surface area contributed by atoms with Gasteiger partial charge in [-0.15, -0.1) is 0 Å². The Morgan fingerprint density at radius 3 is 2.57 bits per heavy atom. The number of benzene rings is 2. The van der Waals surface area contributed by atoms with Crippen molar-refractivity contribution in [2.45, 2.75) is 6.54 Å². The molecule has 0 fully saturated rings. The van der Waals surface area contributed by atoms with Crippen LogP contribution >= 0.6 is 0 Å². The molecular formula is C17H18BrN3O2. The average Bonchev–Trinajstić information content (AvgIpc) is 2.80. The number of imidazole rings is 1. The average molecular weight is 376 g/mol. The second kappa shape index (κ2) is 6.83. The van der Waals surface area contributed by atoms with E-state index in [4.69, 9.17) is 10.1 Å². The third-order valence-electron chi connectivity index (χ3n) is 3.80. The predicted molar refractivity (Wildman–Crippen MR) is 85.2 cm³/mol. The molecule has 0 radical (unpaired) electrons. The van der Waals surface area contributed by atoms with E-state index in [2.05, 4.69) is 0 Å². The summed E-state index contributed by atoms with van der Waals surface area (Å²) >= 11 is 0. The Morgan fingerprint density at radius 1 is 1.17 bits per heavy atom. The molecule has 3 rings (SSSR count). The third kappa shape index (κ3) is 3.07. The van der Waals surface area contributed by atoms with Crippen LogP contribution in [-0.4, -0.2) is 22.0 Å². The maximum Gasteiger partial charge on any atom is 1.00 e. The molecule has 120 valence electrons. The summed E-state index contributed by atoms with van der Waals surface area (Å²) in [7, 11) is 3.40. The van der Waals surface area contributed by atoms with Gasteiger partial charge in [-0.2, -0.15) is 0 Å². The number of fused-ring (bicyclic) bond motifs is 1. The normalized spacial score (nSPS) is 10.3. The Labute approximate surface area is 145 Å². The first-order valence-electron chi connectivity index (χ1n) is 6.98. The molecule has 0 unspecified atom stereocenters. The van der Waals surface area contributed by atoms with Crippen LogP contribution in [0, 0.1) is 5.41 Å². The van der Waals surface area contributed by atoms with Crippen molar-refractivity contribution in [3.05, 3.63) is 59.7 Å². The molecule has 0 atom stereocenters. The number of Topliss-reactive ketones (excluding diaryl/α,β-unsaturated/α-hetero) is 1. The van der Waals surface area contributed by atoms with Gasteiger partial charge in [0.25, 0.3) is 0 Å². The highest BCUT2D eigenvalue weighted by atomic mass is 79.9. The van der Waals surface area contributed by atoms with Crippen molar-refractivity contribution in [2.75, 3.05) is 7.11 Å². The second-order valence-corrected chi connectivity index (χ2v) is 5.11. The minimum Gasteiger partial charge on any atom is -1.00 e. The quantitative estimate of drug-likeness (QED) is 0.623. The summed E-state index contributed by atoms with van der Waals surface area (Å²) in [5.74, 6) is 0.605. The van der Waals surface area contributed by atoms with Gasteiger partial charge in [-0.05, 0) is 24.3 Å². The van der Waals surface area contributed by atoms with Crippen molar-refractivity contribution in [3.8, 4) is 5.75 Å². The van der Waals surface area contributed by atoms with E-state index in [1.165, 1.54) is 0 Å². The SMILES string of the molecule is COc1cccc(C(=O)Cn2c(=N)n(C)c3ccccc32)c1.[Br-].[H+]. The number of nitrogens with one attached hydrogen (secondary N) is 1. The van der Waals surface area contributed by atoms with Gasteiger partial charge in [0.1, 0.15) is 5.75 Å². The van der Waals surface area contributed by atoms with Gasteiger partial charge < -0.3 is 30.9 Å². The molecule has 1 aromatic heterocycles. The van der Waals surface area contributed by atoms with Crippen molar-refractivity contribution >= 4 is 16.8 Å². The van der Waals surface area contributed by atoms with E-state index in [1.807, 2.05) is 31.3 Å². The van der Waals surface area contributed by atoms with Crippen molar-refractivity contribution in [3.63, 3.8) is 0 Å². The number of para-hydroxylation sites is 2. The number of methoxy groups -OCH3 is 1. The Hall–Kier alpha value is -2.34. The maximum atomic E-state index is 12.5. The highest BCUT2D eigenvalue weighted by molar-refractivity contribution is 5.97. The number of ether oxygens (including phenoxy) is 1. The number of hydrogen-bond donors (Lipinski definition) is 1. The predicted octanol–water partition coefficient (Wildman–Crippen LogP) is -0.533. The molecule has 0 saturated carbocycles. The highest BCUT2D eigenvalue weighted by Gasteiger charge is 2.13. The number of aryl methyl sites for hydroxylation is 1. The third-order valence-corrected chi connectivity index (χ3v) is 3.80. The highest BCUT2D eigenvalue weighted by Crippen LogP contribution is 2.15. The van der Waals surface area contributed by atoms with Gasteiger partial charge in [-0.25, -0.2) is 0 Å². The van der Waals surface area contributed by atoms with Crippen molar-refractivity contribution in [1.29, 1.82) is 5.41 Å². The molecule has 0 amide bonds. The molecule has 0 aliphatic carbocycles. The van der Waals surface area contributed by atoms with Gasteiger partial charge in [-0.3, -0.25) is 10.2 Å². The van der Waals surface area contributed by atoms with E-state index < -0.39 is 0 Å². The topological polar surface area (TPSA) is 60.0 Å². The molecule has 23 heavy (non-hydrogen) atoms. The largest absolute Gasteiger partial charge is 1.00 e. The summed E-state index contributed by atoms with van der Waals surface area (Å²) in [5.41, 5.74) is 2.70. The second-order valence-electron chi connectivity index (χ2n) is 5.11. The monoisotopic (exact) mass is 375 g/mol. The summed E-state index contributed by atoms with van der Waals surface area (Å²) < 4.78 is 8.64. The van der Waals surface area contributed by atoms with E-state index in [0.29, 0.717) is 16.9 Å². The van der Waals surface area contributed by atoms with Crippen LogP contribution in [0.25, 0.3) is 11.0 Å². The maximum absolute atomic E-state index is 12.5. The zero-order valence-corrected chi connectivity index (χ0v) is 14.5. The molecule has 0 saturated heterocycles. The number of halogens is 1. The number of aromatic nitrogens is 2. The molecule has 1 N–H and O–H groups in total. The van der Waals surface area contributed by atoms with E-state index >= 15 is 0 Å². The Balaban J connectivity index is 0.00000144. The van der Waals surface area contributed by atoms with Crippen LogP contribution in [0.5, 0.6) is 5.75 Å². The number of ketones is 1. The number of rotatable bonds is 4. The molecule has 5 nitrogen and oxygen atoms in total. The summed E-state index contributed by atoms with van der Waals surface area (Å²) in [6.07, 6.45) is 0. The van der Waals surface area contributed by atoms with Crippen LogP contribution in [-0.2, 0) is 13.6 Å².